The molecule has 0 radical (unpaired) electrons. The van der Waals surface area contributed by atoms with Gasteiger partial charge in [0, 0.05) is 32.3 Å². The summed E-state index contributed by atoms with van der Waals surface area (Å²) in [5, 5.41) is -0.190. The maximum atomic E-state index is 11.5. The lowest BCUT2D eigenvalue weighted by atomic mass is 9.83. The van der Waals surface area contributed by atoms with Crippen LogP contribution in [0.1, 0.15) is 52.4 Å². The van der Waals surface area contributed by atoms with Crippen LogP contribution in [-0.2, 0) is 28.5 Å². The van der Waals surface area contributed by atoms with Crippen molar-refractivity contribution in [1.29, 1.82) is 0 Å². The van der Waals surface area contributed by atoms with Gasteiger partial charge in [-0.15, -0.1) is 11.6 Å². The number of carbonyl (C=O) groups is 1. The predicted octanol–water partition coefficient (Wildman–Crippen LogP) is 2.75. The number of rotatable bonds is 2. The second kappa shape index (κ2) is 6.34. The largest absolute Gasteiger partial charge is 0.459 e. The van der Waals surface area contributed by atoms with Gasteiger partial charge in [-0.25, -0.2) is 0 Å². The minimum absolute atomic E-state index is 0.121. The summed E-state index contributed by atoms with van der Waals surface area (Å²) in [4.78, 5) is 11.5. The van der Waals surface area contributed by atoms with E-state index in [0.717, 1.165) is 19.3 Å². The molecule has 0 aromatic heterocycles. The van der Waals surface area contributed by atoms with E-state index in [2.05, 4.69) is 13.8 Å². The molecule has 4 fully saturated rings. The quantitative estimate of drug-likeness (QED) is 0.547. The molecule has 4 saturated heterocycles. The van der Waals surface area contributed by atoms with E-state index in [1.165, 1.54) is 0 Å². The Hall–Kier alpha value is -0.400. The minimum atomic E-state index is -0.760. The molecular formula is C18H27ClO6. The standard InChI is InChI=1S/C18H27ClO6/c1-4-11-16(19)14(21-3)8-17(23-11)6-5-10(2)18(25-17)9-13-12(24-18)7-15(20)22-13/h10-14,16H,4-9H2,1-3H3/t10-,11+,12-,13-,14+,16+,17+,18+/m0/s1. The Morgan fingerprint density at radius 3 is 2.76 bits per heavy atom. The van der Waals surface area contributed by atoms with Crippen LogP contribution in [0.25, 0.3) is 0 Å². The first kappa shape index (κ1) is 18.0. The lowest BCUT2D eigenvalue weighted by Gasteiger charge is -2.54. The molecule has 4 aliphatic rings. The van der Waals surface area contributed by atoms with Crippen molar-refractivity contribution < 1.29 is 28.5 Å². The van der Waals surface area contributed by atoms with Gasteiger partial charge in [-0.1, -0.05) is 13.8 Å². The van der Waals surface area contributed by atoms with E-state index in [1.54, 1.807) is 7.11 Å². The molecule has 25 heavy (non-hydrogen) atoms. The van der Waals surface area contributed by atoms with Gasteiger partial charge >= 0.3 is 5.97 Å². The number of alkyl halides is 1. The van der Waals surface area contributed by atoms with E-state index in [-0.39, 0.29) is 41.7 Å². The highest BCUT2D eigenvalue weighted by molar-refractivity contribution is 6.21. The molecule has 2 spiro atoms. The Kier molecular flexibility index (Phi) is 4.56. The zero-order valence-electron chi connectivity index (χ0n) is 15.0. The molecule has 0 aromatic carbocycles. The highest BCUT2D eigenvalue weighted by Crippen LogP contribution is 2.53. The summed E-state index contributed by atoms with van der Waals surface area (Å²) in [5.41, 5.74) is 0. The molecule has 8 atom stereocenters. The van der Waals surface area contributed by atoms with E-state index >= 15 is 0 Å². The summed E-state index contributed by atoms with van der Waals surface area (Å²) in [6.45, 7) is 4.19. The molecule has 7 heteroatoms. The predicted molar refractivity (Wildman–Crippen MR) is 89.2 cm³/mol. The average Bonchev–Trinajstić information content (AvgIpc) is 3.07. The number of hydrogen-bond donors (Lipinski definition) is 0. The van der Waals surface area contributed by atoms with Gasteiger partial charge in [-0.2, -0.15) is 0 Å². The Balaban J connectivity index is 1.57. The van der Waals surface area contributed by atoms with Crippen molar-refractivity contribution in [3.05, 3.63) is 0 Å². The third-order valence-corrected chi connectivity index (χ3v) is 6.83. The summed E-state index contributed by atoms with van der Waals surface area (Å²) in [6.07, 6.45) is 3.29. The van der Waals surface area contributed by atoms with Crippen molar-refractivity contribution >= 4 is 17.6 Å². The summed E-state index contributed by atoms with van der Waals surface area (Å²) in [6, 6.07) is 0. The molecule has 0 bridgehead atoms. The molecule has 4 heterocycles. The van der Waals surface area contributed by atoms with Crippen LogP contribution in [-0.4, -0.2) is 54.4 Å². The zero-order chi connectivity index (χ0) is 17.8. The second-order valence-corrected chi connectivity index (χ2v) is 8.35. The SMILES string of the molecule is CC[C@H]1O[C@@]2(CC[C@H](C)[C@@]3(C[C@@H]4OC(=O)C[C@@H]4O3)O2)C[C@@H](OC)[C@@H]1Cl. The van der Waals surface area contributed by atoms with Crippen molar-refractivity contribution in [3.63, 3.8) is 0 Å². The minimum Gasteiger partial charge on any atom is -0.459 e. The van der Waals surface area contributed by atoms with E-state index in [4.69, 9.17) is 35.3 Å². The van der Waals surface area contributed by atoms with Crippen LogP contribution >= 0.6 is 11.6 Å². The normalized spacial score (nSPS) is 52.6. The van der Waals surface area contributed by atoms with Crippen LogP contribution in [0.5, 0.6) is 0 Å². The molecule has 0 unspecified atom stereocenters. The highest BCUT2D eigenvalue weighted by atomic mass is 35.5. The lowest BCUT2D eigenvalue weighted by molar-refractivity contribution is -0.413. The van der Waals surface area contributed by atoms with E-state index < -0.39 is 11.6 Å². The van der Waals surface area contributed by atoms with Crippen LogP contribution in [0.4, 0.5) is 0 Å². The van der Waals surface area contributed by atoms with Gasteiger partial charge in [0.1, 0.15) is 12.2 Å². The van der Waals surface area contributed by atoms with E-state index in [0.29, 0.717) is 19.3 Å². The molecule has 4 rings (SSSR count). The Labute approximate surface area is 153 Å². The van der Waals surface area contributed by atoms with E-state index in [1.807, 2.05) is 0 Å². The third-order valence-electron chi connectivity index (χ3n) is 6.26. The van der Waals surface area contributed by atoms with Crippen LogP contribution in [0.15, 0.2) is 0 Å². The number of hydrogen-bond acceptors (Lipinski definition) is 6. The first-order valence-electron chi connectivity index (χ1n) is 9.32. The summed E-state index contributed by atoms with van der Waals surface area (Å²) >= 11 is 6.53. The summed E-state index contributed by atoms with van der Waals surface area (Å²) in [5.74, 6) is -1.49. The van der Waals surface area contributed by atoms with Crippen molar-refractivity contribution in [3.8, 4) is 0 Å². The number of fused-ring (bicyclic) bond motifs is 1. The first-order chi connectivity index (χ1) is 11.9. The van der Waals surface area contributed by atoms with Crippen LogP contribution in [0.3, 0.4) is 0 Å². The number of methoxy groups -OCH3 is 1. The molecule has 0 aromatic rings. The van der Waals surface area contributed by atoms with Gasteiger partial charge in [-0.05, 0) is 12.8 Å². The smallest absolute Gasteiger partial charge is 0.308 e. The number of esters is 1. The molecule has 0 amide bonds. The zero-order valence-corrected chi connectivity index (χ0v) is 15.8. The molecule has 142 valence electrons. The molecule has 6 nitrogen and oxygen atoms in total. The van der Waals surface area contributed by atoms with Gasteiger partial charge < -0.3 is 23.7 Å². The van der Waals surface area contributed by atoms with Crippen LogP contribution in [0, 0.1) is 5.92 Å². The van der Waals surface area contributed by atoms with Gasteiger partial charge in [0.2, 0.25) is 0 Å². The van der Waals surface area contributed by atoms with Crippen molar-refractivity contribution in [2.24, 2.45) is 5.92 Å². The fraction of sp³-hybridized carbons (Fsp3) is 0.944. The Morgan fingerprint density at radius 1 is 1.28 bits per heavy atom. The maximum Gasteiger partial charge on any atom is 0.308 e. The highest BCUT2D eigenvalue weighted by Gasteiger charge is 2.62. The first-order valence-corrected chi connectivity index (χ1v) is 9.76. The third kappa shape index (κ3) is 2.90. The maximum absolute atomic E-state index is 11.5. The number of halogens is 1. The number of ether oxygens (including phenoxy) is 5. The van der Waals surface area contributed by atoms with Gasteiger partial charge in [0.05, 0.1) is 24.0 Å². The summed E-state index contributed by atoms with van der Waals surface area (Å²) < 4.78 is 30.3. The van der Waals surface area contributed by atoms with Crippen molar-refractivity contribution in [2.45, 2.75) is 93.7 Å². The van der Waals surface area contributed by atoms with Gasteiger partial charge in [0.15, 0.2) is 11.6 Å². The van der Waals surface area contributed by atoms with Gasteiger partial charge in [0.25, 0.3) is 0 Å². The van der Waals surface area contributed by atoms with E-state index in [9.17, 15) is 4.79 Å². The fourth-order valence-corrected chi connectivity index (χ4v) is 5.19. The Morgan fingerprint density at radius 2 is 2.08 bits per heavy atom. The Bertz CT molecular complexity index is 510. The molecule has 4 aliphatic heterocycles. The monoisotopic (exact) mass is 374 g/mol. The molecular weight excluding hydrogens is 348 g/mol. The molecule has 0 N–H and O–H groups in total. The van der Waals surface area contributed by atoms with Gasteiger partial charge in [-0.3, -0.25) is 4.79 Å². The fourth-order valence-electron chi connectivity index (χ4n) is 4.77. The van der Waals surface area contributed by atoms with Crippen molar-refractivity contribution in [2.75, 3.05) is 7.11 Å². The van der Waals surface area contributed by atoms with Crippen molar-refractivity contribution in [1.82, 2.24) is 0 Å². The van der Waals surface area contributed by atoms with Crippen LogP contribution in [0.2, 0.25) is 0 Å². The summed E-state index contributed by atoms with van der Waals surface area (Å²) in [7, 11) is 1.68. The number of carbonyl (C=O) groups excluding carboxylic acids is 1. The second-order valence-electron chi connectivity index (χ2n) is 7.84. The average molecular weight is 375 g/mol. The molecule has 0 aliphatic carbocycles. The lowest BCUT2D eigenvalue weighted by Crippen LogP contribution is -2.61. The van der Waals surface area contributed by atoms with Crippen LogP contribution < -0.4 is 0 Å². The topological polar surface area (TPSA) is 63.2 Å². The molecule has 0 saturated carbocycles.